The Morgan fingerprint density at radius 3 is 2.54 bits per heavy atom. The van der Waals surface area contributed by atoms with E-state index in [9.17, 15) is 9.59 Å². The van der Waals surface area contributed by atoms with Crippen LogP contribution in [0.15, 0.2) is 12.2 Å². The first-order valence-electron chi connectivity index (χ1n) is 10.0. The third-order valence-electron chi connectivity index (χ3n) is 7.36. The number of rotatable bonds is 6. The van der Waals surface area contributed by atoms with Gasteiger partial charge in [-0.3, -0.25) is 9.59 Å². The maximum absolute atomic E-state index is 12.6. The molecule has 2 aliphatic carbocycles. The van der Waals surface area contributed by atoms with Crippen molar-refractivity contribution in [3.05, 3.63) is 12.2 Å². The average molecular weight is 365 g/mol. The van der Waals surface area contributed by atoms with Crippen molar-refractivity contribution in [3.8, 4) is 0 Å². The van der Waals surface area contributed by atoms with Gasteiger partial charge in [-0.25, -0.2) is 0 Å². The highest BCUT2D eigenvalue weighted by Crippen LogP contribution is 2.62. The molecule has 5 atom stereocenters. The molecule has 0 amide bonds. The van der Waals surface area contributed by atoms with Crippen molar-refractivity contribution >= 4 is 11.9 Å². The number of esters is 2. The summed E-state index contributed by atoms with van der Waals surface area (Å²) in [5.41, 5.74) is 1.02. The number of hydrogen-bond acceptors (Lipinski definition) is 4. The third kappa shape index (κ3) is 3.84. The van der Waals surface area contributed by atoms with Gasteiger partial charge in [0.1, 0.15) is 0 Å². The van der Waals surface area contributed by atoms with Crippen molar-refractivity contribution in [1.29, 1.82) is 0 Å². The van der Waals surface area contributed by atoms with E-state index in [0.29, 0.717) is 24.2 Å². The molecule has 148 valence electrons. The summed E-state index contributed by atoms with van der Waals surface area (Å²) in [5.74, 6) is 0.849. The van der Waals surface area contributed by atoms with Crippen molar-refractivity contribution in [2.24, 2.45) is 28.6 Å². The molecule has 0 bridgehead atoms. The summed E-state index contributed by atoms with van der Waals surface area (Å²) in [5, 5.41) is 0. The van der Waals surface area contributed by atoms with Gasteiger partial charge in [-0.05, 0) is 68.6 Å². The molecule has 0 spiro atoms. The number of hydrogen-bond donors (Lipinski definition) is 0. The standard InChI is InChI=1S/C22H36O4/c1-15(14-19(23)25-5)8-10-17-16(2)9-11-18-21(17,3)12-7-13-22(18,4)20(24)26-6/h15,17-18H,2,7-14H2,1,3-6H3. The molecule has 4 heteroatoms. The van der Waals surface area contributed by atoms with Crippen LogP contribution in [-0.2, 0) is 19.1 Å². The van der Waals surface area contributed by atoms with Crippen LogP contribution >= 0.6 is 0 Å². The molecule has 2 aliphatic rings. The Hall–Kier alpha value is -1.32. The topological polar surface area (TPSA) is 52.6 Å². The second-order valence-corrected chi connectivity index (χ2v) is 9.03. The number of carbonyl (C=O) groups is 2. The zero-order valence-electron chi connectivity index (χ0n) is 17.2. The van der Waals surface area contributed by atoms with Crippen molar-refractivity contribution in [1.82, 2.24) is 0 Å². The molecule has 0 radical (unpaired) electrons. The van der Waals surface area contributed by atoms with Gasteiger partial charge in [-0.15, -0.1) is 0 Å². The van der Waals surface area contributed by atoms with E-state index in [1.165, 1.54) is 19.8 Å². The van der Waals surface area contributed by atoms with Crippen molar-refractivity contribution < 1.29 is 19.1 Å². The van der Waals surface area contributed by atoms with E-state index in [0.717, 1.165) is 44.9 Å². The van der Waals surface area contributed by atoms with Crippen LogP contribution < -0.4 is 0 Å². The summed E-state index contributed by atoms with van der Waals surface area (Å²) in [6.45, 7) is 11.0. The van der Waals surface area contributed by atoms with Gasteiger partial charge in [0.15, 0.2) is 0 Å². The van der Waals surface area contributed by atoms with Crippen LogP contribution in [0.25, 0.3) is 0 Å². The van der Waals surface area contributed by atoms with Crippen LogP contribution in [-0.4, -0.2) is 26.2 Å². The Balaban J connectivity index is 2.17. The van der Waals surface area contributed by atoms with Crippen molar-refractivity contribution in [2.75, 3.05) is 14.2 Å². The molecular formula is C22H36O4. The third-order valence-corrected chi connectivity index (χ3v) is 7.36. The fourth-order valence-corrected chi connectivity index (χ4v) is 5.88. The summed E-state index contributed by atoms with van der Waals surface area (Å²) >= 11 is 0. The zero-order valence-corrected chi connectivity index (χ0v) is 17.2. The van der Waals surface area contributed by atoms with Gasteiger partial charge in [-0.2, -0.15) is 0 Å². The Kier molecular flexibility index (Phi) is 6.57. The van der Waals surface area contributed by atoms with Gasteiger partial charge in [0.2, 0.25) is 0 Å². The highest BCUT2D eigenvalue weighted by Gasteiger charge is 2.57. The molecule has 0 saturated heterocycles. The monoisotopic (exact) mass is 364 g/mol. The summed E-state index contributed by atoms with van der Waals surface area (Å²) in [4.78, 5) is 24.1. The zero-order chi connectivity index (χ0) is 19.5. The largest absolute Gasteiger partial charge is 0.469 e. The van der Waals surface area contributed by atoms with Gasteiger partial charge in [0.25, 0.3) is 0 Å². The molecule has 0 N–H and O–H groups in total. The fourth-order valence-electron chi connectivity index (χ4n) is 5.88. The quantitative estimate of drug-likeness (QED) is 0.496. The van der Waals surface area contributed by atoms with Crippen LogP contribution in [0.1, 0.15) is 72.1 Å². The van der Waals surface area contributed by atoms with E-state index < -0.39 is 5.41 Å². The number of methoxy groups -OCH3 is 2. The number of ether oxygens (including phenoxy) is 2. The Morgan fingerprint density at radius 2 is 1.92 bits per heavy atom. The lowest BCUT2D eigenvalue weighted by molar-refractivity contribution is -0.168. The molecule has 2 rings (SSSR count). The highest BCUT2D eigenvalue weighted by molar-refractivity contribution is 5.77. The second-order valence-electron chi connectivity index (χ2n) is 9.03. The lowest BCUT2D eigenvalue weighted by Gasteiger charge is -2.57. The first-order chi connectivity index (χ1) is 12.2. The normalized spacial score (nSPS) is 35.3. The highest BCUT2D eigenvalue weighted by atomic mass is 16.5. The van der Waals surface area contributed by atoms with Crippen LogP contribution in [0, 0.1) is 28.6 Å². The molecule has 5 unspecified atom stereocenters. The van der Waals surface area contributed by atoms with Crippen molar-refractivity contribution in [2.45, 2.75) is 72.1 Å². The van der Waals surface area contributed by atoms with E-state index in [1.807, 2.05) is 0 Å². The number of carbonyl (C=O) groups excluding carboxylic acids is 2. The molecule has 0 heterocycles. The van der Waals surface area contributed by atoms with E-state index in [4.69, 9.17) is 9.47 Å². The number of allylic oxidation sites excluding steroid dienone is 1. The Labute approximate surface area is 158 Å². The molecule has 26 heavy (non-hydrogen) atoms. The minimum Gasteiger partial charge on any atom is -0.469 e. The minimum atomic E-state index is -0.391. The van der Waals surface area contributed by atoms with E-state index >= 15 is 0 Å². The first-order valence-corrected chi connectivity index (χ1v) is 10.0. The van der Waals surface area contributed by atoms with Crippen molar-refractivity contribution in [3.63, 3.8) is 0 Å². The smallest absolute Gasteiger partial charge is 0.311 e. The minimum absolute atomic E-state index is 0.0567. The van der Waals surface area contributed by atoms with Crippen LogP contribution in [0.2, 0.25) is 0 Å². The number of fused-ring (bicyclic) bond motifs is 1. The summed E-state index contributed by atoms with van der Waals surface area (Å²) in [6.07, 6.45) is 7.60. The van der Waals surface area contributed by atoms with Crippen LogP contribution in [0.3, 0.4) is 0 Å². The lowest BCUT2D eigenvalue weighted by atomic mass is 9.46. The maximum Gasteiger partial charge on any atom is 0.311 e. The molecule has 2 saturated carbocycles. The Morgan fingerprint density at radius 1 is 1.23 bits per heavy atom. The molecule has 2 fully saturated rings. The predicted molar refractivity (Wildman–Crippen MR) is 102 cm³/mol. The average Bonchev–Trinajstić information content (AvgIpc) is 2.59. The van der Waals surface area contributed by atoms with E-state index in [1.54, 1.807) is 0 Å². The molecule has 0 aliphatic heterocycles. The van der Waals surface area contributed by atoms with Gasteiger partial charge in [0.05, 0.1) is 19.6 Å². The maximum atomic E-state index is 12.6. The fraction of sp³-hybridized carbons (Fsp3) is 0.818. The van der Waals surface area contributed by atoms with E-state index in [2.05, 4.69) is 27.4 Å². The van der Waals surface area contributed by atoms with Gasteiger partial charge >= 0.3 is 11.9 Å². The molecule has 0 aromatic rings. The molecule has 4 nitrogen and oxygen atoms in total. The molecule has 0 aromatic carbocycles. The van der Waals surface area contributed by atoms with E-state index in [-0.39, 0.29) is 17.4 Å². The van der Waals surface area contributed by atoms with Crippen LogP contribution in [0.5, 0.6) is 0 Å². The summed E-state index contributed by atoms with van der Waals surface area (Å²) in [7, 11) is 2.95. The van der Waals surface area contributed by atoms with Gasteiger partial charge in [-0.1, -0.05) is 32.4 Å². The predicted octanol–water partition coefficient (Wildman–Crippen LogP) is 4.92. The first kappa shape index (κ1) is 21.0. The Bertz CT molecular complexity index is 554. The lowest BCUT2D eigenvalue weighted by Crippen LogP contribution is -2.53. The molecular weight excluding hydrogens is 328 g/mol. The van der Waals surface area contributed by atoms with Crippen LogP contribution in [0.4, 0.5) is 0 Å². The van der Waals surface area contributed by atoms with Gasteiger partial charge < -0.3 is 9.47 Å². The van der Waals surface area contributed by atoms with Gasteiger partial charge in [0, 0.05) is 6.42 Å². The summed E-state index contributed by atoms with van der Waals surface area (Å²) in [6, 6.07) is 0. The SMILES string of the molecule is C=C1CCC2C(C)(C(=O)OC)CCCC2(C)C1CCC(C)CC(=O)OC. The molecule has 0 aromatic heterocycles. The summed E-state index contributed by atoms with van der Waals surface area (Å²) < 4.78 is 9.99. The second kappa shape index (κ2) is 8.14.